The number of nitrogens with zero attached hydrogens (tertiary/aromatic N) is 4. The molecule has 0 saturated heterocycles. The van der Waals surface area contributed by atoms with Crippen LogP contribution >= 0.6 is 11.6 Å². The fourth-order valence-corrected chi connectivity index (χ4v) is 2.92. The lowest BCUT2D eigenvalue weighted by Gasteiger charge is -2.03. The van der Waals surface area contributed by atoms with E-state index in [1.807, 2.05) is 43.3 Å². The van der Waals surface area contributed by atoms with Gasteiger partial charge in [-0.25, -0.2) is 9.78 Å². The highest BCUT2D eigenvalue weighted by molar-refractivity contribution is 6.31. The Morgan fingerprint density at radius 1 is 1.27 bits per heavy atom. The smallest absolute Gasteiger partial charge is 0.267 e. The normalized spacial score (nSPS) is 11.0. The standard InChI is InChI=1S/C19H16ClN5O/c1-12-16(10-21)19(26)23-22-17(12)9-8-15-13(2)24-25(18(15)20)11-14-6-4-3-5-7-14/h3-9H,11H2,1-2H3,(H,23,26)/b9-8+. The zero-order chi connectivity index (χ0) is 18.7. The molecule has 2 aromatic heterocycles. The first-order valence-electron chi connectivity index (χ1n) is 7.95. The van der Waals surface area contributed by atoms with Crippen molar-refractivity contribution in [1.29, 1.82) is 5.26 Å². The number of hydrogen-bond donors (Lipinski definition) is 1. The summed E-state index contributed by atoms with van der Waals surface area (Å²) >= 11 is 6.49. The van der Waals surface area contributed by atoms with Gasteiger partial charge in [-0.05, 0) is 37.1 Å². The number of hydrogen-bond acceptors (Lipinski definition) is 4. The van der Waals surface area contributed by atoms with Crippen molar-refractivity contribution in [2.45, 2.75) is 20.4 Å². The lowest BCUT2D eigenvalue weighted by Crippen LogP contribution is -2.15. The van der Waals surface area contributed by atoms with Gasteiger partial charge >= 0.3 is 0 Å². The number of rotatable bonds is 4. The minimum absolute atomic E-state index is 0.0576. The van der Waals surface area contributed by atoms with Crippen molar-refractivity contribution in [2.75, 3.05) is 0 Å². The van der Waals surface area contributed by atoms with Crippen molar-refractivity contribution in [3.8, 4) is 6.07 Å². The summed E-state index contributed by atoms with van der Waals surface area (Å²) in [5.41, 5.74) is 3.25. The molecule has 3 aromatic rings. The number of benzene rings is 1. The molecule has 26 heavy (non-hydrogen) atoms. The van der Waals surface area contributed by atoms with E-state index in [4.69, 9.17) is 16.9 Å². The molecule has 1 N–H and O–H groups in total. The molecule has 0 amide bonds. The summed E-state index contributed by atoms with van der Waals surface area (Å²) in [6.07, 6.45) is 3.51. The van der Waals surface area contributed by atoms with Crippen LogP contribution in [-0.4, -0.2) is 20.0 Å². The Balaban J connectivity index is 1.93. The Labute approximate surface area is 155 Å². The molecule has 0 aliphatic rings. The van der Waals surface area contributed by atoms with Crippen molar-refractivity contribution < 1.29 is 0 Å². The first-order valence-corrected chi connectivity index (χ1v) is 8.33. The van der Waals surface area contributed by atoms with E-state index in [-0.39, 0.29) is 5.56 Å². The molecule has 6 nitrogen and oxygen atoms in total. The van der Waals surface area contributed by atoms with E-state index in [9.17, 15) is 4.79 Å². The first-order chi connectivity index (χ1) is 12.5. The van der Waals surface area contributed by atoms with E-state index in [0.717, 1.165) is 16.8 Å². The zero-order valence-corrected chi connectivity index (χ0v) is 15.1. The fourth-order valence-electron chi connectivity index (χ4n) is 2.63. The van der Waals surface area contributed by atoms with E-state index < -0.39 is 5.56 Å². The average Bonchev–Trinajstić information content (AvgIpc) is 2.89. The number of halogens is 1. The molecule has 1 aromatic carbocycles. The number of H-pyrrole nitrogens is 1. The lowest BCUT2D eigenvalue weighted by atomic mass is 10.1. The van der Waals surface area contributed by atoms with Gasteiger partial charge in [-0.2, -0.15) is 15.5 Å². The topological polar surface area (TPSA) is 87.4 Å². The molecule has 7 heteroatoms. The third kappa shape index (κ3) is 3.44. The highest BCUT2D eigenvalue weighted by atomic mass is 35.5. The number of aryl methyl sites for hydroxylation is 1. The minimum atomic E-state index is -0.493. The number of aromatic amines is 1. The van der Waals surface area contributed by atoms with Gasteiger partial charge in [0.2, 0.25) is 0 Å². The summed E-state index contributed by atoms with van der Waals surface area (Å²) in [6, 6.07) is 11.8. The van der Waals surface area contributed by atoms with Crippen LogP contribution in [0.3, 0.4) is 0 Å². The van der Waals surface area contributed by atoms with Crippen LogP contribution < -0.4 is 5.56 Å². The second-order valence-corrected chi connectivity index (χ2v) is 6.17. The third-order valence-corrected chi connectivity index (χ3v) is 4.47. The lowest BCUT2D eigenvalue weighted by molar-refractivity contribution is 0.680. The molecule has 0 saturated carbocycles. The SMILES string of the molecule is Cc1nn(Cc2ccccc2)c(Cl)c1/C=C/c1n[nH]c(=O)c(C#N)c1C. The van der Waals surface area contributed by atoms with Gasteiger partial charge in [-0.15, -0.1) is 0 Å². The van der Waals surface area contributed by atoms with Gasteiger partial charge in [-0.1, -0.05) is 41.9 Å². The maximum atomic E-state index is 11.6. The van der Waals surface area contributed by atoms with E-state index in [0.29, 0.717) is 23.0 Å². The minimum Gasteiger partial charge on any atom is -0.267 e. The van der Waals surface area contributed by atoms with Crippen LogP contribution in [0.1, 0.15) is 33.6 Å². The summed E-state index contributed by atoms with van der Waals surface area (Å²) in [6.45, 7) is 4.14. The number of nitrogens with one attached hydrogen (secondary N) is 1. The second-order valence-electron chi connectivity index (χ2n) is 5.82. The summed E-state index contributed by atoms with van der Waals surface area (Å²) in [7, 11) is 0. The maximum Gasteiger partial charge on any atom is 0.282 e. The van der Waals surface area contributed by atoms with Crippen molar-refractivity contribution in [2.24, 2.45) is 0 Å². The quantitative estimate of drug-likeness (QED) is 0.768. The molecular formula is C19H16ClN5O. The van der Waals surface area contributed by atoms with Crippen LogP contribution in [0.25, 0.3) is 12.2 Å². The highest BCUT2D eigenvalue weighted by Crippen LogP contribution is 2.23. The van der Waals surface area contributed by atoms with Crippen molar-refractivity contribution in [3.63, 3.8) is 0 Å². The molecule has 0 aliphatic heterocycles. The van der Waals surface area contributed by atoms with Crippen LogP contribution in [0.2, 0.25) is 5.15 Å². The molecule has 0 aliphatic carbocycles. The van der Waals surface area contributed by atoms with Crippen molar-refractivity contribution >= 4 is 23.8 Å². The Morgan fingerprint density at radius 2 is 2.00 bits per heavy atom. The molecule has 0 radical (unpaired) electrons. The molecule has 0 fully saturated rings. The van der Waals surface area contributed by atoms with E-state index >= 15 is 0 Å². The summed E-state index contributed by atoms with van der Waals surface area (Å²) in [5.74, 6) is 0. The summed E-state index contributed by atoms with van der Waals surface area (Å²) in [4.78, 5) is 11.6. The Hall–Kier alpha value is -3.17. The summed E-state index contributed by atoms with van der Waals surface area (Å²) in [5, 5.41) is 20.4. The van der Waals surface area contributed by atoms with Crippen molar-refractivity contribution in [1.82, 2.24) is 20.0 Å². The van der Waals surface area contributed by atoms with E-state index in [1.165, 1.54) is 0 Å². The monoisotopic (exact) mass is 365 g/mol. The van der Waals surface area contributed by atoms with Crippen molar-refractivity contribution in [3.05, 3.63) is 79.5 Å². The molecule has 0 bridgehead atoms. The molecule has 2 heterocycles. The Kier molecular flexibility index (Phi) is 5.01. The third-order valence-electron chi connectivity index (χ3n) is 4.07. The first kappa shape index (κ1) is 17.6. The largest absolute Gasteiger partial charge is 0.282 e. The van der Waals surface area contributed by atoms with Crippen LogP contribution in [0, 0.1) is 25.2 Å². The number of nitriles is 1. The molecular weight excluding hydrogens is 350 g/mol. The van der Waals surface area contributed by atoms with Gasteiger partial charge < -0.3 is 0 Å². The molecule has 0 spiro atoms. The molecule has 0 unspecified atom stereocenters. The van der Waals surface area contributed by atoms with Crippen LogP contribution in [0.15, 0.2) is 35.1 Å². The predicted molar refractivity (Wildman–Crippen MR) is 101 cm³/mol. The van der Waals surface area contributed by atoms with E-state index in [1.54, 1.807) is 23.8 Å². The van der Waals surface area contributed by atoms with Gasteiger partial charge in [-0.3, -0.25) is 4.79 Å². The Morgan fingerprint density at radius 3 is 2.69 bits per heavy atom. The second kappa shape index (κ2) is 7.38. The van der Waals surface area contributed by atoms with E-state index in [2.05, 4.69) is 15.3 Å². The zero-order valence-electron chi connectivity index (χ0n) is 14.3. The highest BCUT2D eigenvalue weighted by Gasteiger charge is 2.12. The van der Waals surface area contributed by atoms with Gasteiger partial charge in [0.15, 0.2) is 0 Å². The molecule has 0 atom stereocenters. The van der Waals surface area contributed by atoms with Crippen LogP contribution in [0.5, 0.6) is 0 Å². The average molecular weight is 366 g/mol. The Bertz CT molecular complexity index is 1070. The van der Waals surface area contributed by atoms with Crippen LogP contribution in [0.4, 0.5) is 0 Å². The fraction of sp³-hybridized carbons (Fsp3) is 0.158. The summed E-state index contributed by atoms with van der Waals surface area (Å²) < 4.78 is 1.74. The molecule has 130 valence electrons. The number of aromatic nitrogens is 4. The van der Waals surface area contributed by atoms with Crippen LogP contribution in [-0.2, 0) is 6.54 Å². The van der Waals surface area contributed by atoms with Gasteiger partial charge in [0.1, 0.15) is 16.8 Å². The van der Waals surface area contributed by atoms with Gasteiger partial charge in [0, 0.05) is 5.56 Å². The maximum absolute atomic E-state index is 11.6. The van der Waals surface area contributed by atoms with Gasteiger partial charge in [0.05, 0.1) is 17.9 Å². The molecule has 3 rings (SSSR count). The van der Waals surface area contributed by atoms with Gasteiger partial charge in [0.25, 0.3) is 5.56 Å². The predicted octanol–water partition coefficient (Wildman–Crippen LogP) is 3.33.